The van der Waals surface area contributed by atoms with Crippen LogP contribution >= 0.6 is 0 Å². The number of allylic oxidation sites excluding steroid dienone is 1. The summed E-state index contributed by atoms with van der Waals surface area (Å²) in [6, 6.07) is 9.02. The molecular formula is C16H20O3. The van der Waals surface area contributed by atoms with Gasteiger partial charge in [-0.15, -0.1) is 0 Å². The third-order valence-electron chi connectivity index (χ3n) is 3.93. The Morgan fingerprint density at radius 3 is 2.37 bits per heavy atom. The molecule has 0 heterocycles. The van der Waals surface area contributed by atoms with E-state index in [9.17, 15) is 15.0 Å². The molecule has 0 saturated carbocycles. The lowest BCUT2D eigenvalue weighted by atomic mass is 9.83. The largest absolute Gasteiger partial charge is 0.385 e. The fourth-order valence-corrected chi connectivity index (χ4v) is 2.99. The minimum Gasteiger partial charge on any atom is -0.385 e. The van der Waals surface area contributed by atoms with Crippen molar-refractivity contribution in [3.63, 3.8) is 0 Å². The van der Waals surface area contributed by atoms with Crippen LogP contribution < -0.4 is 0 Å². The van der Waals surface area contributed by atoms with E-state index >= 15 is 0 Å². The van der Waals surface area contributed by atoms with Gasteiger partial charge in [-0.25, -0.2) is 0 Å². The number of carbonyl (C=O) groups excluding carboxylic acids is 1. The first-order valence-electron chi connectivity index (χ1n) is 6.75. The zero-order chi connectivity index (χ0) is 14.0. The van der Waals surface area contributed by atoms with Gasteiger partial charge in [0.15, 0.2) is 5.78 Å². The molecule has 19 heavy (non-hydrogen) atoms. The molecule has 1 aliphatic carbocycles. The van der Waals surface area contributed by atoms with Crippen LogP contribution in [0.2, 0.25) is 0 Å². The fraction of sp³-hybridized carbons (Fsp3) is 0.438. The molecule has 3 heteroatoms. The van der Waals surface area contributed by atoms with Crippen molar-refractivity contribution in [1.82, 2.24) is 0 Å². The van der Waals surface area contributed by atoms with Crippen LogP contribution in [0.1, 0.15) is 44.8 Å². The Balaban J connectivity index is 2.43. The molecular weight excluding hydrogens is 240 g/mol. The van der Waals surface area contributed by atoms with Crippen LogP contribution in [0.15, 0.2) is 41.5 Å². The van der Waals surface area contributed by atoms with Gasteiger partial charge in [-0.05, 0) is 29.6 Å². The summed E-state index contributed by atoms with van der Waals surface area (Å²) in [4.78, 5) is 12.0. The quantitative estimate of drug-likeness (QED) is 0.874. The molecule has 2 rings (SSSR count). The summed E-state index contributed by atoms with van der Waals surface area (Å²) in [6.45, 7) is 3.82. The van der Waals surface area contributed by atoms with Gasteiger partial charge >= 0.3 is 0 Å². The Kier molecular flexibility index (Phi) is 3.88. The predicted octanol–water partition coefficient (Wildman–Crippen LogP) is 2.54. The minimum absolute atomic E-state index is 0.0184. The molecule has 1 aromatic carbocycles. The average molecular weight is 260 g/mol. The molecule has 102 valence electrons. The van der Waals surface area contributed by atoms with Gasteiger partial charge in [-0.2, -0.15) is 0 Å². The smallest absolute Gasteiger partial charge is 0.162 e. The van der Waals surface area contributed by atoms with Crippen molar-refractivity contribution < 1.29 is 15.0 Å². The molecule has 0 aromatic heterocycles. The summed E-state index contributed by atoms with van der Waals surface area (Å²) in [5, 5.41) is 21.3. The lowest BCUT2D eigenvalue weighted by molar-refractivity contribution is -0.121. The van der Waals surface area contributed by atoms with E-state index in [1.165, 1.54) is 0 Å². The summed E-state index contributed by atoms with van der Waals surface area (Å²) < 4.78 is 0. The predicted molar refractivity (Wildman–Crippen MR) is 73.6 cm³/mol. The number of Topliss-reactive ketones (excluding diaryl/α,β-unsaturated/α-hetero) is 1. The van der Waals surface area contributed by atoms with Crippen molar-refractivity contribution in [3.05, 3.63) is 47.0 Å². The molecule has 3 nitrogen and oxygen atoms in total. The Bertz CT molecular complexity index is 504. The van der Waals surface area contributed by atoms with Crippen molar-refractivity contribution in [2.75, 3.05) is 0 Å². The topological polar surface area (TPSA) is 57.5 Å². The zero-order valence-electron chi connectivity index (χ0n) is 11.4. The van der Waals surface area contributed by atoms with Gasteiger partial charge in [0.25, 0.3) is 0 Å². The van der Waals surface area contributed by atoms with Gasteiger partial charge in [-0.1, -0.05) is 44.2 Å². The molecule has 0 unspecified atom stereocenters. The first-order valence-corrected chi connectivity index (χ1v) is 6.75. The maximum atomic E-state index is 12.0. The Morgan fingerprint density at radius 2 is 1.84 bits per heavy atom. The Morgan fingerprint density at radius 1 is 1.21 bits per heavy atom. The molecule has 0 fully saturated rings. The van der Waals surface area contributed by atoms with Gasteiger partial charge in [0.1, 0.15) is 11.7 Å². The summed E-state index contributed by atoms with van der Waals surface area (Å²) >= 11 is 0. The summed E-state index contributed by atoms with van der Waals surface area (Å²) in [7, 11) is 0. The first-order chi connectivity index (χ1) is 9.04. The maximum absolute atomic E-state index is 12.0. The van der Waals surface area contributed by atoms with Gasteiger partial charge in [-0.3, -0.25) is 4.79 Å². The lowest BCUT2D eigenvalue weighted by Crippen LogP contribution is -2.36. The summed E-state index contributed by atoms with van der Waals surface area (Å²) in [5.41, 5.74) is 0.566. The van der Waals surface area contributed by atoms with Crippen LogP contribution in [0.4, 0.5) is 0 Å². The second-order valence-electron chi connectivity index (χ2n) is 5.00. The number of aliphatic hydroxyl groups excluding tert-OH is 1. The number of carbonyl (C=O) groups is 1. The number of aliphatic hydroxyl groups is 2. The molecule has 0 bridgehead atoms. The van der Waals surface area contributed by atoms with E-state index in [4.69, 9.17) is 0 Å². The van der Waals surface area contributed by atoms with E-state index in [-0.39, 0.29) is 12.2 Å². The third-order valence-corrected chi connectivity index (χ3v) is 3.93. The monoisotopic (exact) mass is 260 g/mol. The van der Waals surface area contributed by atoms with Gasteiger partial charge in [0.2, 0.25) is 0 Å². The highest BCUT2D eigenvalue weighted by molar-refractivity contribution is 6.00. The van der Waals surface area contributed by atoms with Crippen molar-refractivity contribution >= 4 is 5.78 Å². The van der Waals surface area contributed by atoms with Crippen LogP contribution in [-0.2, 0) is 4.79 Å². The molecule has 0 amide bonds. The zero-order valence-corrected chi connectivity index (χ0v) is 11.4. The SMILES string of the molecule is CCC1=C(CC)[C@@](O)([C@@H](O)c2ccccc2)CC1=O. The molecule has 1 aromatic rings. The third kappa shape index (κ3) is 2.24. The summed E-state index contributed by atoms with van der Waals surface area (Å²) in [6.07, 6.45) is 0.105. The van der Waals surface area contributed by atoms with Crippen molar-refractivity contribution in [3.8, 4) is 0 Å². The molecule has 1 aliphatic rings. The van der Waals surface area contributed by atoms with Crippen LogP contribution in [0, 0.1) is 0 Å². The highest BCUT2D eigenvalue weighted by Crippen LogP contribution is 2.44. The van der Waals surface area contributed by atoms with Crippen LogP contribution in [0.25, 0.3) is 0 Å². The number of benzene rings is 1. The molecule has 0 spiro atoms. The first kappa shape index (κ1) is 14.0. The van der Waals surface area contributed by atoms with E-state index in [2.05, 4.69) is 0 Å². The van der Waals surface area contributed by atoms with E-state index in [0.717, 1.165) is 0 Å². The van der Waals surface area contributed by atoms with Crippen molar-refractivity contribution in [1.29, 1.82) is 0 Å². The highest BCUT2D eigenvalue weighted by atomic mass is 16.3. The van der Waals surface area contributed by atoms with Crippen LogP contribution in [0.3, 0.4) is 0 Å². The molecule has 0 aliphatic heterocycles. The minimum atomic E-state index is -1.45. The lowest BCUT2D eigenvalue weighted by Gasteiger charge is -2.31. The number of rotatable bonds is 4. The van der Waals surface area contributed by atoms with E-state index in [1.54, 1.807) is 12.1 Å². The Labute approximate surface area is 113 Å². The van der Waals surface area contributed by atoms with Crippen LogP contribution in [0.5, 0.6) is 0 Å². The van der Waals surface area contributed by atoms with Crippen molar-refractivity contribution in [2.45, 2.75) is 44.8 Å². The van der Waals surface area contributed by atoms with E-state index in [1.807, 2.05) is 32.0 Å². The standard InChI is InChI=1S/C16H20O3/c1-3-12-13(4-2)16(19,10-14(12)17)15(18)11-8-6-5-7-9-11/h5-9,15,18-19H,3-4,10H2,1-2H3/t15-,16+/m0/s1. The highest BCUT2D eigenvalue weighted by Gasteiger charge is 2.47. The number of hydrogen-bond donors (Lipinski definition) is 2. The molecule has 2 atom stereocenters. The van der Waals surface area contributed by atoms with Gasteiger partial charge in [0.05, 0.1) is 0 Å². The molecule has 0 radical (unpaired) electrons. The second-order valence-corrected chi connectivity index (χ2v) is 5.00. The Hall–Kier alpha value is -1.45. The summed E-state index contributed by atoms with van der Waals surface area (Å²) in [5.74, 6) is -0.0446. The van der Waals surface area contributed by atoms with E-state index < -0.39 is 11.7 Å². The number of hydrogen-bond acceptors (Lipinski definition) is 3. The average Bonchev–Trinajstić information content (AvgIpc) is 2.69. The van der Waals surface area contributed by atoms with Gasteiger partial charge < -0.3 is 10.2 Å². The van der Waals surface area contributed by atoms with E-state index in [0.29, 0.717) is 29.6 Å². The molecule has 2 N–H and O–H groups in total. The molecule has 0 saturated heterocycles. The van der Waals surface area contributed by atoms with Crippen LogP contribution in [-0.4, -0.2) is 21.6 Å². The second kappa shape index (κ2) is 5.27. The van der Waals surface area contributed by atoms with Crippen molar-refractivity contribution in [2.24, 2.45) is 0 Å². The number of ketones is 1. The van der Waals surface area contributed by atoms with Gasteiger partial charge in [0, 0.05) is 6.42 Å². The fourth-order valence-electron chi connectivity index (χ4n) is 2.99. The normalized spacial score (nSPS) is 24.9. The maximum Gasteiger partial charge on any atom is 0.162 e.